The normalized spacial score (nSPS) is 14.7. The van der Waals surface area contributed by atoms with Crippen molar-refractivity contribution in [2.24, 2.45) is 5.73 Å². The van der Waals surface area contributed by atoms with Crippen LogP contribution in [0.25, 0.3) is 0 Å². The lowest BCUT2D eigenvalue weighted by atomic mass is 10.1. The number of nitrogens with two attached hydrogens (primary N) is 2. The third kappa shape index (κ3) is 4.58. The third-order valence-electron chi connectivity index (χ3n) is 5.48. The first-order chi connectivity index (χ1) is 15.9. The Bertz CT molecular complexity index is 1170. The Morgan fingerprint density at radius 2 is 1.97 bits per heavy atom. The first-order valence-electron chi connectivity index (χ1n) is 10.3. The zero-order chi connectivity index (χ0) is 23.5. The number of nitrogen functional groups attached to an aromatic ring is 1. The van der Waals surface area contributed by atoms with Crippen LogP contribution >= 0.6 is 11.5 Å². The molecule has 1 atom stereocenters. The SMILES string of the molecule is NC(=O)c1nsc(C(=O)N(c2cccc(F)c2)[C@@H](C(=O)NC2CCCC2)c2ccco2)c1N. The smallest absolute Gasteiger partial charge is 0.273 e. The van der Waals surface area contributed by atoms with E-state index in [0.29, 0.717) is 11.5 Å². The van der Waals surface area contributed by atoms with Gasteiger partial charge in [-0.25, -0.2) is 4.39 Å². The summed E-state index contributed by atoms with van der Waals surface area (Å²) < 4.78 is 23.5. The van der Waals surface area contributed by atoms with Crippen molar-refractivity contribution in [2.45, 2.75) is 37.8 Å². The van der Waals surface area contributed by atoms with Crippen LogP contribution in [0.4, 0.5) is 15.8 Å². The van der Waals surface area contributed by atoms with Crippen molar-refractivity contribution in [2.75, 3.05) is 10.6 Å². The van der Waals surface area contributed by atoms with Crippen molar-refractivity contribution in [1.82, 2.24) is 9.69 Å². The van der Waals surface area contributed by atoms with Gasteiger partial charge in [-0.15, -0.1) is 0 Å². The predicted molar refractivity (Wildman–Crippen MR) is 120 cm³/mol. The van der Waals surface area contributed by atoms with Crippen LogP contribution in [0.3, 0.4) is 0 Å². The van der Waals surface area contributed by atoms with Crippen LogP contribution in [-0.2, 0) is 4.79 Å². The number of amides is 3. The van der Waals surface area contributed by atoms with Crippen molar-refractivity contribution in [3.8, 4) is 0 Å². The molecule has 0 spiro atoms. The summed E-state index contributed by atoms with van der Waals surface area (Å²) in [4.78, 5) is 39.8. The number of carbonyl (C=O) groups excluding carboxylic acids is 3. The average molecular weight is 472 g/mol. The highest BCUT2D eigenvalue weighted by Gasteiger charge is 2.38. The lowest BCUT2D eigenvalue weighted by molar-refractivity contribution is -0.123. The largest absolute Gasteiger partial charge is 0.467 e. The molecule has 4 rings (SSSR count). The summed E-state index contributed by atoms with van der Waals surface area (Å²) in [5.41, 5.74) is 10.9. The van der Waals surface area contributed by atoms with Crippen LogP contribution < -0.4 is 21.7 Å². The van der Waals surface area contributed by atoms with Gasteiger partial charge in [0.1, 0.15) is 16.5 Å². The number of anilines is 2. The number of nitrogens with one attached hydrogen (secondary N) is 1. The zero-order valence-electron chi connectivity index (χ0n) is 17.5. The van der Waals surface area contributed by atoms with E-state index in [1.54, 1.807) is 12.1 Å². The summed E-state index contributed by atoms with van der Waals surface area (Å²) >= 11 is 0.676. The van der Waals surface area contributed by atoms with Gasteiger partial charge in [-0.1, -0.05) is 18.9 Å². The zero-order valence-corrected chi connectivity index (χ0v) is 18.3. The first-order valence-corrected chi connectivity index (χ1v) is 11.1. The molecule has 1 aliphatic carbocycles. The molecule has 1 fully saturated rings. The van der Waals surface area contributed by atoms with Crippen LogP contribution in [0.2, 0.25) is 0 Å². The highest BCUT2D eigenvalue weighted by Crippen LogP contribution is 2.34. The quantitative estimate of drug-likeness (QED) is 0.483. The number of primary amides is 1. The molecule has 172 valence electrons. The van der Waals surface area contributed by atoms with Gasteiger partial charge in [0.15, 0.2) is 11.7 Å². The molecule has 5 N–H and O–H groups in total. The van der Waals surface area contributed by atoms with Gasteiger partial charge in [0, 0.05) is 11.7 Å². The second-order valence-electron chi connectivity index (χ2n) is 7.70. The molecule has 2 heterocycles. The molecule has 9 nitrogen and oxygen atoms in total. The van der Waals surface area contributed by atoms with Crippen LogP contribution in [-0.4, -0.2) is 28.1 Å². The Morgan fingerprint density at radius 3 is 2.58 bits per heavy atom. The van der Waals surface area contributed by atoms with E-state index in [1.165, 1.54) is 24.5 Å². The number of benzene rings is 1. The van der Waals surface area contributed by atoms with E-state index in [9.17, 15) is 18.8 Å². The van der Waals surface area contributed by atoms with E-state index < -0.39 is 29.6 Å². The summed E-state index contributed by atoms with van der Waals surface area (Å²) in [7, 11) is 0. The number of carbonyl (C=O) groups is 3. The number of aromatic nitrogens is 1. The maximum atomic E-state index is 14.2. The van der Waals surface area contributed by atoms with E-state index in [1.807, 2.05) is 0 Å². The first kappa shape index (κ1) is 22.5. The number of rotatable bonds is 7. The van der Waals surface area contributed by atoms with Gasteiger partial charge < -0.3 is 21.2 Å². The lowest BCUT2D eigenvalue weighted by Crippen LogP contribution is -2.46. The summed E-state index contributed by atoms with van der Waals surface area (Å²) in [6.07, 6.45) is 5.03. The fraction of sp³-hybridized carbons (Fsp3) is 0.273. The molecule has 11 heteroatoms. The molecule has 0 saturated heterocycles. The molecule has 0 bridgehead atoms. The molecule has 0 aliphatic heterocycles. The molecule has 2 aromatic heterocycles. The Kier molecular flexibility index (Phi) is 6.40. The number of hydrogen-bond acceptors (Lipinski definition) is 7. The van der Waals surface area contributed by atoms with Gasteiger partial charge in [-0.2, -0.15) is 4.37 Å². The van der Waals surface area contributed by atoms with Crippen molar-refractivity contribution >= 4 is 40.6 Å². The minimum Gasteiger partial charge on any atom is -0.467 e. The fourth-order valence-electron chi connectivity index (χ4n) is 3.92. The van der Waals surface area contributed by atoms with E-state index >= 15 is 0 Å². The molecule has 0 unspecified atom stereocenters. The van der Waals surface area contributed by atoms with Crippen molar-refractivity contribution < 1.29 is 23.2 Å². The Balaban J connectivity index is 1.81. The van der Waals surface area contributed by atoms with Gasteiger partial charge in [0.2, 0.25) is 0 Å². The Morgan fingerprint density at radius 1 is 1.21 bits per heavy atom. The Labute approximate surface area is 192 Å². The highest BCUT2D eigenvalue weighted by molar-refractivity contribution is 7.09. The van der Waals surface area contributed by atoms with Crippen LogP contribution in [0.15, 0.2) is 47.1 Å². The monoisotopic (exact) mass is 471 g/mol. The maximum Gasteiger partial charge on any atom is 0.273 e. The maximum absolute atomic E-state index is 14.2. The molecular formula is C22H22FN5O4S. The molecule has 3 aromatic rings. The van der Waals surface area contributed by atoms with Crippen molar-refractivity contribution in [3.05, 3.63) is 64.8 Å². The van der Waals surface area contributed by atoms with E-state index in [-0.39, 0.29) is 33.7 Å². The predicted octanol–water partition coefficient (Wildman–Crippen LogP) is 3.00. The van der Waals surface area contributed by atoms with E-state index in [4.69, 9.17) is 15.9 Å². The molecule has 0 radical (unpaired) electrons. The molecular weight excluding hydrogens is 449 g/mol. The number of nitrogens with zero attached hydrogens (tertiary/aromatic N) is 2. The van der Waals surface area contributed by atoms with Crippen LogP contribution in [0.1, 0.15) is 57.6 Å². The fourth-order valence-corrected chi connectivity index (χ4v) is 4.66. The number of furan rings is 1. The minimum atomic E-state index is -1.26. The lowest BCUT2D eigenvalue weighted by Gasteiger charge is -2.30. The molecule has 1 saturated carbocycles. The van der Waals surface area contributed by atoms with Gasteiger partial charge in [-0.05, 0) is 54.7 Å². The molecule has 3 amide bonds. The Hall–Kier alpha value is -3.73. The molecule has 33 heavy (non-hydrogen) atoms. The molecule has 1 aromatic carbocycles. The van der Waals surface area contributed by atoms with E-state index in [2.05, 4.69) is 9.69 Å². The van der Waals surface area contributed by atoms with Crippen molar-refractivity contribution in [1.29, 1.82) is 0 Å². The summed E-state index contributed by atoms with van der Waals surface area (Å²) in [6, 6.07) is 7.12. The van der Waals surface area contributed by atoms with E-state index in [0.717, 1.165) is 36.6 Å². The highest BCUT2D eigenvalue weighted by atomic mass is 32.1. The summed E-state index contributed by atoms with van der Waals surface area (Å²) in [5, 5.41) is 2.97. The second kappa shape index (κ2) is 9.41. The van der Waals surface area contributed by atoms with Gasteiger partial charge in [0.05, 0.1) is 12.0 Å². The topological polar surface area (TPSA) is 145 Å². The third-order valence-corrected chi connectivity index (χ3v) is 6.33. The minimum absolute atomic E-state index is 0.0330. The van der Waals surface area contributed by atoms with Gasteiger partial charge in [-0.3, -0.25) is 19.3 Å². The van der Waals surface area contributed by atoms with Crippen LogP contribution in [0.5, 0.6) is 0 Å². The summed E-state index contributed by atoms with van der Waals surface area (Å²) in [6.45, 7) is 0. The van der Waals surface area contributed by atoms with Gasteiger partial charge in [0.25, 0.3) is 17.7 Å². The number of halogens is 1. The average Bonchev–Trinajstić information content (AvgIpc) is 3.53. The standard InChI is InChI=1S/C22H22FN5O4S/c23-12-5-3-8-14(11-12)28(22(31)19-16(24)17(20(25)29)27-33-19)18(15-9-4-10-32-15)21(30)26-13-6-1-2-7-13/h3-5,8-11,13,18H,1-2,6-7,24H2,(H2,25,29)(H,26,30)/t18-/m1/s1. The van der Waals surface area contributed by atoms with Crippen LogP contribution in [0, 0.1) is 5.82 Å². The van der Waals surface area contributed by atoms with Crippen molar-refractivity contribution in [3.63, 3.8) is 0 Å². The number of hydrogen-bond donors (Lipinski definition) is 3. The van der Waals surface area contributed by atoms with Gasteiger partial charge >= 0.3 is 0 Å². The molecule has 1 aliphatic rings. The second-order valence-corrected chi connectivity index (χ2v) is 8.47. The summed E-state index contributed by atoms with van der Waals surface area (Å²) in [5.74, 6) is -2.53.